The minimum atomic E-state index is 0.710. The molecule has 0 amide bonds. The number of nitrogens with zero attached hydrogens (tertiary/aromatic N) is 4. The van der Waals surface area contributed by atoms with Crippen molar-refractivity contribution in [2.45, 2.75) is 0 Å². The molecule has 0 aliphatic carbocycles. The molecule has 0 aliphatic rings. The highest BCUT2D eigenvalue weighted by Crippen LogP contribution is 2.32. The van der Waals surface area contributed by atoms with Crippen LogP contribution in [0.5, 0.6) is 0 Å². The Hall–Kier alpha value is 1.36. The first kappa shape index (κ1) is 14.8. The Labute approximate surface area is 148 Å². The van der Waals surface area contributed by atoms with Crippen LogP contribution in [0, 0.1) is 0 Å². The van der Waals surface area contributed by atoms with E-state index < -0.39 is 0 Å². The lowest BCUT2D eigenvalue weighted by Gasteiger charge is -2.20. The van der Waals surface area contributed by atoms with Gasteiger partial charge in [-0.3, -0.25) is 0 Å². The average Bonchev–Trinajstić information content (AvgIpc) is 2.66. The van der Waals surface area contributed by atoms with Crippen molar-refractivity contribution in [3.8, 4) is 0 Å². The van der Waals surface area contributed by atoms with Gasteiger partial charge < -0.3 is 9.19 Å². The lowest BCUT2D eigenvalue weighted by Crippen LogP contribution is -2.19. The van der Waals surface area contributed by atoms with Gasteiger partial charge in [-0.25, -0.2) is 10.2 Å². The van der Waals surface area contributed by atoms with Gasteiger partial charge in [0.05, 0.1) is 18.2 Å². The molecule has 0 saturated carbocycles. The molecule has 0 bridgehead atoms. The summed E-state index contributed by atoms with van der Waals surface area (Å²) in [6.45, 7) is 0. The van der Waals surface area contributed by atoms with Crippen molar-refractivity contribution in [2.75, 3.05) is 0 Å². The van der Waals surface area contributed by atoms with Gasteiger partial charge in [0.1, 0.15) is 9.21 Å². The van der Waals surface area contributed by atoms with Gasteiger partial charge >= 0.3 is 0 Å². The van der Waals surface area contributed by atoms with Crippen molar-refractivity contribution >= 4 is 103 Å². The van der Waals surface area contributed by atoms with Crippen LogP contribution < -0.4 is 0 Å². The highest BCUT2D eigenvalue weighted by molar-refractivity contribution is 9.14. The summed E-state index contributed by atoms with van der Waals surface area (Å²) in [6.07, 6.45) is 0. The summed E-state index contributed by atoms with van der Waals surface area (Å²) in [7, 11) is 1.72. The van der Waals surface area contributed by atoms with E-state index >= 15 is 0 Å². The second kappa shape index (κ2) is 5.78. The lowest BCUT2D eigenvalue weighted by atomic mass is 10.2. The van der Waals surface area contributed by atoms with Crippen LogP contribution in [0.25, 0.3) is 0 Å². The summed E-state index contributed by atoms with van der Waals surface area (Å²) in [5, 5.41) is 8.51. The Bertz CT molecular complexity index is 527. The fourth-order valence-electron chi connectivity index (χ4n) is 0.993. The minimum Gasteiger partial charge on any atom is -0.475 e. The summed E-state index contributed by atoms with van der Waals surface area (Å²) in [6, 6.07) is 0. The number of rotatable bonds is 2. The topological polar surface area (TPSA) is 35.6 Å². The van der Waals surface area contributed by atoms with E-state index in [4.69, 9.17) is 0 Å². The summed E-state index contributed by atoms with van der Waals surface area (Å²) < 4.78 is 7.97. The minimum absolute atomic E-state index is 0.710. The van der Waals surface area contributed by atoms with Crippen LogP contribution in [-0.4, -0.2) is 26.9 Å². The Kier molecular flexibility index (Phi) is 5.02. The fourth-order valence-corrected chi connectivity index (χ4v) is 3.48. The molecule has 0 unspecified atom stereocenters. The third kappa shape index (κ3) is 2.94. The standard InChI is InChI=1S/C6BBr6N4/c8-1-3(10)14-16(5(1)12)7-17-6(13)2(9)4(11)15-17/q-1. The molecular weight excluding hydrogens is 618 g/mol. The van der Waals surface area contributed by atoms with Gasteiger partial charge in [0.15, 0.2) is 0 Å². The predicted molar refractivity (Wildman–Crippen MR) is 87.2 cm³/mol. The molecule has 2 aromatic heterocycles. The maximum absolute atomic E-state index is 4.26. The Morgan fingerprint density at radius 1 is 0.706 bits per heavy atom. The molecule has 90 valence electrons. The lowest BCUT2D eigenvalue weighted by molar-refractivity contribution is 0.853. The maximum Gasteiger partial charge on any atom is 0.138 e. The smallest absolute Gasteiger partial charge is 0.138 e. The molecule has 2 rings (SSSR count). The molecule has 2 aromatic rings. The van der Waals surface area contributed by atoms with Crippen molar-refractivity contribution in [3.05, 3.63) is 27.4 Å². The van der Waals surface area contributed by atoms with E-state index in [0.717, 1.165) is 18.2 Å². The van der Waals surface area contributed by atoms with Crippen molar-refractivity contribution in [3.63, 3.8) is 0 Å². The van der Waals surface area contributed by atoms with E-state index in [1.54, 1.807) is 16.7 Å². The molecule has 11 heteroatoms. The van der Waals surface area contributed by atoms with Crippen molar-refractivity contribution in [2.24, 2.45) is 0 Å². The Balaban J connectivity index is 2.38. The average molecular weight is 618 g/mol. The molecule has 2 heterocycles. The van der Waals surface area contributed by atoms with E-state index in [0.29, 0.717) is 9.21 Å². The molecule has 0 fully saturated rings. The van der Waals surface area contributed by atoms with E-state index in [1.807, 2.05) is 0 Å². The number of hydrogen-bond donors (Lipinski definition) is 0. The van der Waals surface area contributed by atoms with Crippen LogP contribution in [0.3, 0.4) is 0 Å². The van der Waals surface area contributed by atoms with Crippen LogP contribution in [0.15, 0.2) is 27.4 Å². The van der Waals surface area contributed by atoms with Gasteiger partial charge in [0.25, 0.3) is 0 Å². The molecule has 0 N–H and O–H groups in total. The van der Waals surface area contributed by atoms with Gasteiger partial charge in [-0.15, -0.1) is 0 Å². The molecule has 0 aliphatic heterocycles. The number of hydrogen-bond acceptors (Lipinski definition) is 2. The van der Waals surface area contributed by atoms with Gasteiger partial charge in [0, 0.05) is 0 Å². The van der Waals surface area contributed by atoms with Crippen LogP contribution in [0.4, 0.5) is 0 Å². The van der Waals surface area contributed by atoms with E-state index in [2.05, 4.69) is 106 Å². The first-order valence-corrected chi connectivity index (χ1v) is 8.70. The largest absolute Gasteiger partial charge is 0.475 e. The first-order valence-electron chi connectivity index (χ1n) is 3.94. The predicted octanol–water partition coefficient (Wildman–Crippen LogP) is 4.59. The highest BCUT2D eigenvalue weighted by atomic mass is 79.9. The summed E-state index contributed by atoms with van der Waals surface area (Å²) >= 11 is 20.3. The maximum atomic E-state index is 4.26. The second-order valence-corrected chi connectivity index (χ2v) is 7.39. The van der Waals surface area contributed by atoms with Gasteiger partial charge in [-0.05, 0) is 103 Å². The molecule has 0 atom stereocenters. The van der Waals surface area contributed by atoms with Crippen LogP contribution in [0.2, 0.25) is 0 Å². The monoisotopic (exact) mass is 613 g/mol. The van der Waals surface area contributed by atoms with E-state index in [1.165, 1.54) is 0 Å². The van der Waals surface area contributed by atoms with Crippen molar-refractivity contribution in [1.29, 1.82) is 0 Å². The molecule has 0 spiro atoms. The van der Waals surface area contributed by atoms with Crippen LogP contribution in [-0.2, 0) is 0 Å². The zero-order valence-electron chi connectivity index (χ0n) is 7.63. The molecule has 0 saturated heterocycles. The number of aromatic nitrogens is 4. The zero-order valence-corrected chi connectivity index (χ0v) is 17.1. The van der Waals surface area contributed by atoms with Crippen molar-refractivity contribution in [1.82, 2.24) is 19.4 Å². The quantitative estimate of drug-likeness (QED) is 0.463. The van der Waals surface area contributed by atoms with Crippen LogP contribution in [0.1, 0.15) is 0 Å². The molecule has 17 heavy (non-hydrogen) atoms. The van der Waals surface area contributed by atoms with Crippen LogP contribution >= 0.6 is 95.6 Å². The molecule has 4 nitrogen and oxygen atoms in total. The summed E-state index contributed by atoms with van der Waals surface area (Å²) in [5.74, 6) is 0. The van der Waals surface area contributed by atoms with Gasteiger partial charge in [0.2, 0.25) is 0 Å². The SMILES string of the molecule is Brc1nn([B-]n2nc(Br)c(Br)c2Br)c(Br)c1Br. The fraction of sp³-hybridized carbons (Fsp3) is 0. The Morgan fingerprint density at radius 2 is 1.06 bits per heavy atom. The third-order valence-electron chi connectivity index (χ3n) is 1.74. The first-order chi connectivity index (χ1) is 7.91. The molecule has 2 radical (unpaired) electrons. The van der Waals surface area contributed by atoms with E-state index in [-0.39, 0.29) is 0 Å². The number of halogens is 6. The molecular formula is C6BBr6N4-. The Morgan fingerprint density at radius 3 is 1.29 bits per heavy atom. The second-order valence-electron chi connectivity index (χ2n) is 2.80. The summed E-state index contributed by atoms with van der Waals surface area (Å²) in [4.78, 5) is 0. The summed E-state index contributed by atoms with van der Waals surface area (Å²) in [5.41, 5.74) is 0. The molecule has 0 aromatic carbocycles. The van der Waals surface area contributed by atoms with Gasteiger partial charge in [-0.2, -0.15) is 0 Å². The van der Waals surface area contributed by atoms with Gasteiger partial charge in [-0.1, -0.05) is 0 Å². The van der Waals surface area contributed by atoms with E-state index in [9.17, 15) is 0 Å². The normalized spacial score (nSPS) is 11.2. The highest BCUT2D eigenvalue weighted by Gasteiger charge is 2.09. The third-order valence-corrected chi connectivity index (χ3v) is 8.00. The zero-order chi connectivity index (χ0) is 12.7. The van der Waals surface area contributed by atoms with Crippen molar-refractivity contribution < 1.29 is 0 Å².